The molecular formula is C12H24O5. The van der Waals surface area contributed by atoms with Crippen LogP contribution in [0.2, 0.25) is 0 Å². The zero-order chi connectivity index (χ0) is 13.5. The van der Waals surface area contributed by atoms with E-state index in [4.69, 9.17) is 20.1 Å². The molecular weight excluding hydrogens is 224 g/mol. The van der Waals surface area contributed by atoms with E-state index < -0.39 is 30.7 Å². The number of ether oxygens (including phenoxy) is 1. The fourth-order valence-electron chi connectivity index (χ4n) is 1.43. The number of aliphatic hydroxyl groups excluding tert-OH is 3. The standard InChI is InChI=1S/C12H24O5/c1-4-5-11(2,3)10(16)17-9-12(6-13,7-14)8-15/h13-15H,4-9H2,1-3H3. The van der Waals surface area contributed by atoms with Crippen LogP contribution in [0.25, 0.3) is 0 Å². The van der Waals surface area contributed by atoms with Gasteiger partial charge < -0.3 is 20.1 Å². The number of esters is 1. The Hall–Kier alpha value is -0.650. The average Bonchev–Trinajstić information content (AvgIpc) is 2.31. The van der Waals surface area contributed by atoms with Gasteiger partial charge in [-0.05, 0) is 20.3 Å². The molecule has 5 heteroatoms. The monoisotopic (exact) mass is 248 g/mol. The Labute approximate surface area is 102 Å². The molecule has 0 saturated carbocycles. The van der Waals surface area contributed by atoms with Crippen molar-refractivity contribution >= 4 is 5.97 Å². The van der Waals surface area contributed by atoms with Crippen molar-refractivity contribution in [2.45, 2.75) is 33.6 Å². The summed E-state index contributed by atoms with van der Waals surface area (Å²) in [6.45, 7) is 4.09. The van der Waals surface area contributed by atoms with Gasteiger partial charge in [0.1, 0.15) is 6.61 Å². The van der Waals surface area contributed by atoms with E-state index in [1.165, 1.54) is 0 Å². The highest BCUT2D eigenvalue weighted by Crippen LogP contribution is 2.25. The van der Waals surface area contributed by atoms with Crippen LogP contribution in [0.5, 0.6) is 0 Å². The van der Waals surface area contributed by atoms with Crippen molar-refractivity contribution in [2.75, 3.05) is 26.4 Å². The molecule has 0 saturated heterocycles. The summed E-state index contributed by atoms with van der Waals surface area (Å²) in [5.41, 5.74) is -1.74. The van der Waals surface area contributed by atoms with Gasteiger partial charge in [-0.1, -0.05) is 13.3 Å². The van der Waals surface area contributed by atoms with Crippen molar-refractivity contribution in [3.05, 3.63) is 0 Å². The lowest BCUT2D eigenvalue weighted by atomic mass is 9.88. The average molecular weight is 248 g/mol. The van der Waals surface area contributed by atoms with Crippen molar-refractivity contribution in [2.24, 2.45) is 10.8 Å². The summed E-state index contributed by atoms with van der Waals surface area (Å²) in [6, 6.07) is 0. The quantitative estimate of drug-likeness (QED) is 0.538. The zero-order valence-electron chi connectivity index (χ0n) is 10.9. The molecule has 0 radical (unpaired) electrons. The Morgan fingerprint density at radius 1 is 1.12 bits per heavy atom. The predicted molar refractivity (Wildman–Crippen MR) is 63.3 cm³/mol. The van der Waals surface area contributed by atoms with E-state index in [0.717, 1.165) is 6.42 Å². The van der Waals surface area contributed by atoms with Crippen LogP contribution in [0, 0.1) is 10.8 Å². The van der Waals surface area contributed by atoms with E-state index in [-0.39, 0.29) is 12.6 Å². The summed E-state index contributed by atoms with van der Waals surface area (Å²) >= 11 is 0. The zero-order valence-corrected chi connectivity index (χ0v) is 10.9. The maximum absolute atomic E-state index is 11.8. The Morgan fingerprint density at radius 2 is 1.59 bits per heavy atom. The molecule has 0 bridgehead atoms. The minimum Gasteiger partial charge on any atom is -0.464 e. The van der Waals surface area contributed by atoms with Crippen LogP contribution in [-0.4, -0.2) is 47.7 Å². The van der Waals surface area contributed by atoms with Gasteiger partial charge in [0.25, 0.3) is 0 Å². The van der Waals surface area contributed by atoms with Crippen molar-refractivity contribution < 1.29 is 24.9 Å². The minimum atomic E-state index is -1.15. The molecule has 0 aliphatic rings. The fourth-order valence-corrected chi connectivity index (χ4v) is 1.43. The molecule has 0 unspecified atom stereocenters. The Balaban J connectivity index is 4.40. The van der Waals surface area contributed by atoms with Crippen molar-refractivity contribution in [1.82, 2.24) is 0 Å². The van der Waals surface area contributed by atoms with Gasteiger partial charge >= 0.3 is 5.97 Å². The van der Waals surface area contributed by atoms with Gasteiger partial charge in [-0.3, -0.25) is 4.79 Å². The Bertz CT molecular complexity index is 225. The SMILES string of the molecule is CCCC(C)(C)C(=O)OCC(CO)(CO)CO. The number of rotatable bonds is 8. The van der Waals surface area contributed by atoms with E-state index >= 15 is 0 Å². The molecule has 3 N–H and O–H groups in total. The largest absolute Gasteiger partial charge is 0.464 e. The third kappa shape index (κ3) is 4.61. The highest BCUT2D eigenvalue weighted by molar-refractivity contribution is 5.75. The molecule has 0 aromatic carbocycles. The van der Waals surface area contributed by atoms with Crippen LogP contribution in [-0.2, 0) is 9.53 Å². The number of carbonyl (C=O) groups is 1. The van der Waals surface area contributed by atoms with Crippen molar-refractivity contribution in [3.8, 4) is 0 Å². The number of carbonyl (C=O) groups excluding carboxylic acids is 1. The lowest BCUT2D eigenvalue weighted by molar-refractivity contribution is -0.162. The summed E-state index contributed by atoms with van der Waals surface area (Å²) in [5.74, 6) is -0.376. The van der Waals surface area contributed by atoms with Crippen LogP contribution in [0.3, 0.4) is 0 Å². The first-order valence-corrected chi connectivity index (χ1v) is 5.87. The minimum absolute atomic E-state index is 0.178. The molecule has 0 aliphatic heterocycles. The maximum atomic E-state index is 11.8. The van der Waals surface area contributed by atoms with E-state index in [0.29, 0.717) is 6.42 Å². The molecule has 0 fully saturated rings. The van der Waals surface area contributed by atoms with Gasteiger partial charge in [0.05, 0.1) is 30.7 Å². The molecule has 0 spiro atoms. The van der Waals surface area contributed by atoms with E-state index in [1.54, 1.807) is 13.8 Å². The first-order valence-electron chi connectivity index (χ1n) is 5.87. The topological polar surface area (TPSA) is 87.0 Å². The van der Waals surface area contributed by atoms with Gasteiger partial charge in [0.2, 0.25) is 0 Å². The molecule has 0 aromatic heterocycles. The molecule has 0 aromatic rings. The third-order valence-corrected chi connectivity index (χ3v) is 2.94. The summed E-state index contributed by atoms with van der Waals surface area (Å²) in [5, 5.41) is 27.3. The van der Waals surface area contributed by atoms with Gasteiger partial charge in [-0.25, -0.2) is 0 Å². The van der Waals surface area contributed by atoms with E-state index in [1.807, 2.05) is 6.92 Å². The Kier molecular flexibility index (Phi) is 6.67. The second-order valence-corrected chi connectivity index (χ2v) is 5.18. The molecule has 102 valence electrons. The van der Waals surface area contributed by atoms with Crippen molar-refractivity contribution in [1.29, 1.82) is 0 Å². The normalized spacial score (nSPS) is 12.6. The van der Waals surface area contributed by atoms with Crippen molar-refractivity contribution in [3.63, 3.8) is 0 Å². The van der Waals surface area contributed by atoms with Gasteiger partial charge in [0.15, 0.2) is 0 Å². The maximum Gasteiger partial charge on any atom is 0.311 e. The molecule has 0 aliphatic carbocycles. The third-order valence-electron chi connectivity index (χ3n) is 2.94. The van der Waals surface area contributed by atoms with Gasteiger partial charge in [-0.15, -0.1) is 0 Å². The predicted octanol–water partition coefficient (Wildman–Crippen LogP) is 0.319. The lowest BCUT2D eigenvalue weighted by Gasteiger charge is -2.29. The van der Waals surface area contributed by atoms with Crippen LogP contribution >= 0.6 is 0 Å². The molecule has 0 heterocycles. The smallest absolute Gasteiger partial charge is 0.311 e. The number of hydrogen-bond acceptors (Lipinski definition) is 5. The van der Waals surface area contributed by atoms with Gasteiger partial charge in [-0.2, -0.15) is 0 Å². The summed E-state index contributed by atoms with van der Waals surface area (Å²) in [6.07, 6.45) is 1.57. The fraction of sp³-hybridized carbons (Fsp3) is 0.917. The number of hydrogen-bond donors (Lipinski definition) is 3. The molecule has 17 heavy (non-hydrogen) atoms. The second-order valence-electron chi connectivity index (χ2n) is 5.18. The van der Waals surface area contributed by atoms with Crippen LogP contribution in [0.15, 0.2) is 0 Å². The van der Waals surface area contributed by atoms with Crippen LogP contribution < -0.4 is 0 Å². The molecule has 5 nitrogen and oxygen atoms in total. The molecule has 0 amide bonds. The first kappa shape index (κ1) is 16.4. The molecule has 0 atom stereocenters. The van der Waals surface area contributed by atoms with Crippen LogP contribution in [0.4, 0.5) is 0 Å². The summed E-state index contributed by atoms with van der Waals surface area (Å²) < 4.78 is 5.08. The van der Waals surface area contributed by atoms with E-state index in [2.05, 4.69) is 0 Å². The first-order chi connectivity index (χ1) is 7.87. The summed E-state index contributed by atoms with van der Waals surface area (Å²) in [7, 11) is 0. The number of aliphatic hydroxyl groups is 3. The second kappa shape index (κ2) is 6.93. The van der Waals surface area contributed by atoms with E-state index in [9.17, 15) is 4.79 Å². The molecule has 0 rings (SSSR count). The lowest BCUT2D eigenvalue weighted by Crippen LogP contribution is -2.41. The van der Waals surface area contributed by atoms with Gasteiger partial charge in [0, 0.05) is 0 Å². The Morgan fingerprint density at radius 3 is 1.94 bits per heavy atom. The van der Waals surface area contributed by atoms with Crippen LogP contribution in [0.1, 0.15) is 33.6 Å². The highest BCUT2D eigenvalue weighted by atomic mass is 16.5. The summed E-state index contributed by atoms with van der Waals surface area (Å²) in [4.78, 5) is 11.8. The highest BCUT2D eigenvalue weighted by Gasteiger charge is 2.34.